The van der Waals surface area contributed by atoms with Crippen LogP contribution in [0.15, 0.2) is 42.5 Å². The van der Waals surface area contributed by atoms with Crippen molar-refractivity contribution in [1.29, 1.82) is 0 Å². The van der Waals surface area contributed by atoms with E-state index in [1.807, 2.05) is 24.3 Å². The summed E-state index contributed by atoms with van der Waals surface area (Å²) in [6.07, 6.45) is 1.74. The Labute approximate surface area is 132 Å². The molecular formula is C17H15FN4O. The summed E-state index contributed by atoms with van der Waals surface area (Å²) in [5.41, 5.74) is 3.25. The summed E-state index contributed by atoms with van der Waals surface area (Å²) in [6.45, 7) is 0.693. The Balaban J connectivity index is 1.64. The van der Waals surface area contributed by atoms with Crippen LogP contribution in [0.1, 0.15) is 12.0 Å². The van der Waals surface area contributed by atoms with Crippen LogP contribution in [0.5, 0.6) is 0 Å². The predicted octanol–water partition coefficient (Wildman–Crippen LogP) is 2.55. The normalized spacial score (nSPS) is 14.0. The second kappa shape index (κ2) is 5.46. The molecule has 0 saturated heterocycles. The van der Waals surface area contributed by atoms with E-state index in [1.54, 1.807) is 15.6 Å². The average molecular weight is 310 g/mol. The molecule has 1 aliphatic heterocycles. The molecule has 0 atom stereocenters. The van der Waals surface area contributed by atoms with E-state index in [9.17, 15) is 9.18 Å². The summed E-state index contributed by atoms with van der Waals surface area (Å²) < 4.78 is 15.1. The second-order valence-electron chi connectivity index (χ2n) is 5.66. The van der Waals surface area contributed by atoms with Gasteiger partial charge in [-0.1, -0.05) is 23.4 Å². The number of hydrogen-bond acceptors (Lipinski definition) is 3. The average Bonchev–Trinajstić information content (AvgIpc) is 2.97. The van der Waals surface area contributed by atoms with Gasteiger partial charge in [-0.3, -0.25) is 4.79 Å². The highest BCUT2D eigenvalue weighted by molar-refractivity contribution is 5.95. The van der Waals surface area contributed by atoms with Crippen LogP contribution in [0.25, 0.3) is 11.0 Å². The van der Waals surface area contributed by atoms with Gasteiger partial charge in [0.1, 0.15) is 17.9 Å². The molecule has 0 saturated carbocycles. The molecule has 1 aromatic heterocycles. The molecule has 4 rings (SSSR count). The number of benzene rings is 2. The lowest BCUT2D eigenvalue weighted by molar-refractivity contribution is -0.119. The molecule has 0 spiro atoms. The fourth-order valence-corrected chi connectivity index (χ4v) is 3.05. The number of carbonyl (C=O) groups excluding carboxylic acids is 1. The molecule has 5 nitrogen and oxygen atoms in total. The standard InChI is InChI=1S/C17H15FN4O/c18-13-8-7-12-4-3-9-21(16(12)10-13)17(23)11-22-15-6-2-1-5-14(15)19-20-22/h1-2,5-8,10H,3-4,9,11H2. The summed E-state index contributed by atoms with van der Waals surface area (Å²) in [6, 6.07) is 12.1. The van der Waals surface area contributed by atoms with Crippen LogP contribution in [-0.2, 0) is 17.8 Å². The van der Waals surface area contributed by atoms with Gasteiger partial charge in [-0.25, -0.2) is 9.07 Å². The van der Waals surface area contributed by atoms with Crippen LogP contribution in [-0.4, -0.2) is 27.4 Å². The molecule has 0 N–H and O–H groups in total. The summed E-state index contributed by atoms with van der Waals surface area (Å²) in [5.74, 6) is -0.429. The molecule has 2 heterocycles. The molecule has 23 heavy (non-hydrogen) atoms. The van der Waals surface area contributed by atoms with Crippen LogP contribution in [0.4, 0.5) is 10.1 Å². The minimum Gasteiger partial charge on any atom is -0.310 e. The highest BCUT2D eigenvalue weighted by Gasteiger charge is 2.23. The minimum atomic E-state index is -0.324. The number of para-hydroxylation sites is 1. The molecule has 0 bridgehead atoms. The number of halogens is 1. The zero-order valence-electron chi connectivity index (χ0n) is 12.4. The largest absolute Gasteiger partial charge is 0.310 e. The fraction of sp³-hybridized carbons (Fsp3) is 0.235. The van der Waals surface area contributed by atoms with Crippen molar-refractivity contribution in [2.75, 3.05) is 11.4 Å². The van der Waals surface area contributed by atoms with Gasteiger partial charge in [0.2, 0.25) is 5.91 Å². The van der Waals surface area contributed by atoms with Crippen LogP contribution in [0, 0.1) is 5.82 Å². The molecular weight excluding hydrogens is 295 g/mol. The third kappa shape index (κ3) is 2.46. The number of amides is 1. The van der Waals surface area contributed by atoms with E-state index in [4.69, 9.17) is 0 Å². The quantitative estimate of drug-likeness (QED) is 0.731. The van der Waals surface area contributed by atoms with Gasteiger partial charge in [-0.2, -0.15) is 0 Å². The van der Waals surface area contributed by atoms with Gasteiger partial charge in [0.25, 0.3) is 0 Å². The van der Waals surface area contributed by atoms with E-state index in [0.717, 1.165) is 29.4 Å². The number of anilines is 1. The zero-order valence-corrected chi connectivity index (χ0v) is 12.4. The van der Waals surface area contributed by atoms with Gasteiger partial charge in [-0.15, -0.1) is 5.10 Å². The number of rotatable bonds is 2. The first-order chi connectivity index (χ1) is 11.2. The first kappa shape index (κ1) is 13.9. The summed E-state index contributed by atoms with van der Waals surface area (Å²) in [4.78, 5) is 14.3. The summed E-state index contributed by atoms with van der Waals surface area (Å²) in [7, 11) is 0. The first-order valence-corrected chi connectivity index (χ1v) is 7.59. The molecule has 1 aliphatic rings. The maximum atomic E-state index is 13.6. The third-order valence-corrected chi connectivity index (χ3v) is 4.17. The zero-order chi connectivity index (χ0) is 15.8. The number of aryl methyl sites for hydroxylation is 1. The Morgan fingerprint density at radius 3 is 3.00 bits per heavy atom. The number of fused-ring (bicyclic) bond motifs is 2. The molecule has 0 unspecified atom stereocenters. The minimum absolute atomic E-state index is 0.0937. The van der Waals surface area contributed by atoms with Crippen molar-refractivity contribution in [2.45, 2.75) is 19.4 Å². The van der Waals surface area contributed by atoms with Crippen molar-refractivity contribution in [3.8, 4) is 0 Å². The molecule has 116 valence electrons. The topological polar surface area (TPSA) is 51.0 Å². The second-order valence-corrected chi connectivity index (χ2v) is 5.66. The maximum Gasteiger partial charge on any atom is 0.248 e. The Bertz CT molecular complexity index is 889. The van der Waals surface area contributed by atoms with E-state index in [0.29, 0.717) is 12.2 Å². The van der Waals surface area contributed by atoms with E-state index in [1.165, 1.54) is 12.1 Å². The lowest BCUT2D eigenvalue weighted by Gasteiger charge is -2.29. The SMILES string of the molecule is O=C(Cn1nnc2ccccc21)N1CCCc2ccc(F)cc21. The predicted molar refractivity (Wildman–Crippen MR) is 84.6 cm³/mol. The van der Waals surface area contributed by atoms with Crippen molar-refractivity contribution < 1.29 is 9.18 Å². The van der Waals surface area contributed by atoms with E-state index >= 15 is 0 Å². The lowest BCUT2D eigenvalue weighted by Crippen LogP contribution is -2.38. The number of hydrogen-bond donors (Lipinski definition) is 0. The molecule has 2 aromatic carbocycles. The fourth-order valence-electron chi connectivity index (χ4n) is 3.05. The third-order valence-electron chi connectivity index (χ3n) is 4.17. The van der Waals surface area contributed by atoms with Gasteiger partial charge < -0.3 is 4.90 Å². The van der Waals surface area contributed by atoms with E-state index in [-0.39, 0.29) is 18.3 Å². The Hall–Kier alpha value is -2.76. The molecule has 0 radical (unpaired) electrons. The molecule has 0 aliphatic carbocycles. The first-order valence-electron chi connectivity index (χ1n) is 7.59. The highest BCUT2D eigenvalue weighted by atomic mass is 19.1. The van der Waals surface area contributed by atoms with Crippen LogP contribution < -0.4 is 4.90 Å². The van der Waals surface area contributed by atoms with Crippen LogP contribution in [0.3, 0.4) is 0 Å². The van der Waals surface area contributed by atoms with Gasteiger partial charge in [-0.05, 0) is 42.7 Å². The van der Waals surface area contributed by atoms with Crippen molar-refractivity contribution in [2.24, 2.45) is 0 Å². The number of aromatic nitrogens is 3. The van der Waals surface area contributed by atoms with Crippen molar-refractivity contribution >= 4 is 22.6 Å². The Morgan fingerprint density at radius 2 is 2.09 bits per heavy atom. The van der Waals surface area contributed by atoms with Crippen molar-refractivity contribution in [1.82, 2.24) is 15.0 Å². The van der Waals surface area contributed by atoms with Gasteiger partial charge in [0.05, 0.1) is 5.52 Å². The van der Waals surface area contributed by atoms with Crippen molar-refractivity contribution in [3.05, 3.63) is 53.8 Å². The summed E-state index contributed by atoms with van der Waals surface area (Å²) >= 11 is 0. The lowest BCUT2D eigenvalue weighted by atomic mass is 10.0. The Morgan fingerprint density at radius 1 is 1.22 bits per heavy atom. The summed E-state index contributed by atoms with van der Waals surface area (Å²) in [5, 5.41) is 8.11. The van der Waals surface area contributed by atoms with Crippen molar-refractivity contribution in [3.63, 3.8) is 0 Å². The molecule has 3 aromatic rings. The molecule has 0 fully saturated rings. The molecule has 1 amide bonds. The monoisotopic (exact) mass is 310 g/mol. The smallest absolute Gasteiger partial charge is 0.248 e. The maximum absolute atomic E-state index is 13.6. The van der Waals surface area contributed by atoms with E-state index in [2.05, 4.69) is 10.3 Å². The van der Waals surface area contributed by atoms with Gasteiger partial charge in [0.15, 0.2) is 0 Å². The van der Waals surface area contributed by atoms with Gasteiger partial charge in [0, 0.05) is 12.2 Å². The number of nitrogens with zero attached hydrogens (tertiary/aromatic N) is 4. The molecule has 6 heteroatoms. The van der Waals surface area contributed by atoms with Crippen LogP contribution in [0.2, 0.25) is 0 Å². The Kier molecular flexibility index (Phi) is 3.29. The van der Waals surface area contributed by atoms with E-state index < -0.39 is 0 Å². The van der Waals surface area contributed by atoms with Crippen LogP contribution >= 0.6 is 0 Å². The van der Waals surface area contributed by atoms with Gasteiger partial charge >= 0.3 is 0 Å². The number of carbonyl (C=O) groups is 1. The highest BCUT2D eigenvalue weighted by Crippen LogP contribution is 2.28.